The lowest BCUT2D eigenvalue weighted by Gasteiger charge is -2.04. The molecule has 0 amide bonds. The molecule has 1 fully saturated rings. The number of hydrogen-bond donors (Lipinski definition) is 0. The van der Waals surface area contributed by atoms with E-state index < -0.39 is 0 Å². The lowest BCUT2D eigenvalue weighted by Crippen LogP contribution is -2.01. The molecule has 3 rings (SSSR count). The largest absolute Gasteiger partial charge is 0.458 e. The zero-order chi connectivity index (χ0) is 12.4. The van der Waals surface area contributed by atoms with E-state index in [0.29, 0.717) is 6.42 Å². The van der Waals surface area contributed by atoms with Gasteiger partial charge in [0.15, 0.2) is 0 Å². The Hall–Kier alpha value is -2.09. The van der Waals surface area contributed by atoms with Gasteiger partial charge in [-0.3, -0.25) is 4.79 Å². The number of carbonyl (C=O) groups excluding carboxylic acids is 1. The third-order valence-electron chi connectivity index (χ3n) is 3.23. The molecule has 1 saturated heterocycles. The number of cyclic esters (lactones) is 1. The van der Waals surface area contributed by atoms with Crippen molar-refractivity contribution < 1.29 is 9.53 Å². The highest BCUT2D eigenvalue weighted by Gasteiger charge is 2.20. The summed E-state index contributed by atoms with van der Waals surface area (Å²) in [4.78, 5) is 11.0. The molecule has 2 nitrogen and oxygen atoms in total. The van der Waals surface area contributed by atoms with Crippen LogP contribution in [0.1, 0.15) is 18.4 Å². The van der Waals surface area contributed by atoms with Gasteiger partial charge >= 0.3 is 5.97 Å². The molecule has 90 valence electrons. The number of ether oxygens (including phenoxy) is 1. The van der Waals surface area contributed by atoms with Crippen molar-refractivity contribution in [3.05, 3.63) is 54.1 Å². The first-order valence-electron chi connectivity index (χ1n) is 6.18. The van der Waals surface area contributed by atoms with Crippen molar-refractivity contribution in [1.82, 2.24) is 0 Å². The summed E-state index contributed by atoms with van der Waals surface area (Å²) in [5.74, 6) is -0.0948. The maximum atomic E-state index is 11.0. The van der Waals surface area contributed by atoms with Crippen molar-refractivity contribution in [3.63, 3.8) is 0 Å². The Bertz CT molecular complexity index is 608. The predicted molar refractivity (Wildman–Crippen MR) is 72.1 cm³/mol. The number of esters is 1. The number of benzene rings is 2. The molecule has 1 heterocycles. The van der Waals surface area contributed by atoms with Crippen LogP contribution in [0.25, 0.3) is 16.8 Å². The monoisotopic (exact) mass is 238 g/mol. The van der Waals surface area contributed by atoms with Crippen molar-refractivity contribution >= 4 is 22.8 Å². The second-order valence-electron chi connectivity index (χ2n) is 4.49. The van der Waals surface area contributed by atoms with Crippen LogP contribution in [0.4, 0.5) is 0 Å². The molecule has 1 aliphatic heterocycles. The van der Waals surface area contributed by atoms with E-state index >= 15 is 0 Å². The van der Waals surface area contributed by atoms with Gasteiger partial charge in [-0.1, -0.05) is 48.5 Å². The number of rotatable bonds is 2. The van der Waals surface area contributed by atoms with Crippen LogP contribution >= 0.6 is 0 Å². The summed E-state index contributed by atoms with van der Waals surface area (Å²) in [6.45, 7) is 0. The highest BCUT2D eigenvalue weighted by Crippen LogP contribution is 2.21. The minimum Gasteiger partial charge on any atom is -0.458 e. The van der Waals surface area contributed by atoms with Crippen LogP contribution in [0, 0.1) is 0 Å². The SMILES string of the molecule is O=C1CCC(/C=C/c2cccc3ccccc23)O1. The second kappa shape index (κ2) is 4.65. The van der Waals surface area contributed by atoms with Crippen LogP contribution < -0.4 is 0 Å². The maximum Gasteiger partial charge on any atom is 0.306 e. The third kappa shape index (κ3) is 2.14. The molecule has 1 aliphatic rings. The summed E-state index contributed by atoms with van der Waals surface area (Å²) in [5, 5.41) is 2.45. The van der Waals surface area contributed by atoms with Gasteiger partial charge in [0.25, 0.3) is 0 Å². The van der Waals surface area contributed by atoms with E-state index in [0.717, 1.165) is 12.0 Å². The average molecular weight is 238 g/mol. The molecule has 2 aromatic rings. The molecule has 0 saturated carbocycles. The van der Waals surface area contributed by atoms with Crippen molar-refractivity contribution in [1.29, 1.82) is 0 Å². The van der Waals surface area contributed by atoms with Crippen LogP contribution in [0.5, 0.6) is 0 Å². The van der Waals surface area contributed by atoms with Crippen LogP contribution in [0.2, 0.25) is 0 Å². The Balaban J connectivity index is 1.90. The lowest BCUT2D eigenvalue weighted by atomic mass is 10.0. The van der Waals surface area contributed by atoms with Crippen molar-refractivity contribution in [2.24, 2.45) is 0 Å². The van der Waals surface area contributed by atoms with Crippen molar-refractivity contribution in [3.8, 4) is 0 Å². The average Bonchev–Trinajstić information content (AvgIpc) is 2.82. The standard InChI is InChI=1S/C16H14O2/c17-16-11-10-14(18-16)9-8-13-6-3-5-12-4-1-2-7-15(12)13/h1-9,14H,10-11H2/b9-8+. The number of hydrogen-bond acceptors (Lipinski definition) is 2. The second-order valence-corrected chi connectivity index (χ2v) is 4.49. The van der Waals surface area contributed by atoms with Gasteiger partial charge in [0.05, 0.1) is 0 Å². The molecule has 0 N–H and O–H groups in total. The van der Waals surface area contributed by atoms with Gasteiger partial charge in [0.1, 0.15) is 6.10 Å². The van der Waals surface area contributed by atoms with E-state index in [1.165, 1.54) is 10.8 Å². The van der Waals surface area contributed by atoms with Crippen LogP contribution in [0.15, 0.2) is 48.5 Å². The van der Waals surface area contributed by atoms with E-state index in [2.05, 4.69) is 24.3 Å². The molecule has 0 aliphatic carbocycles. The summed E-state index contributed by atoms with van der Waals surface area (Å²) in [6, 6.07) is 14.5. The highest BCUT2D eigenvalue weighted by molar-refractivity contribution is 5.90. The molecular weight excluding hydrogens is 224 g/mol. The minimum absolute atomic E-state index is 0.0588. The normalized spacial score (nSPS) is 19.6. The molecule has 0 radical (unpaired) electrons. The molecular formula is C16H14O2. The van der Waals surface area contributed by atoms with Gasteiger partial charge in [-0.15, -0.1) is 0 Å². The maximum absolute atomic E-state index is 11.0. The van der Waals surface area contributed by atoms with E-state index in [1.54, 1.807) is 0 Å². The Kier molecular flexibility index (Phi) is 2.85. The van der Waals surface area contributed by atoms with E-state index in [1.807, 2.05) is 30.4 Å². The molecule has 2 aromatic carbocycles. The molecule has 1 unspecified atom stereocenters. The molecule has 0 bridgehead atoms. The first-order valence-corrected chi connectivity index (χ1v) is 6.18. The Morgan fingerprint density at radius 3 is 2.78 bits per heavy atom. The highest BCUT2D eigenvalue weighted by atomic mass is 16.5. The van der Waals surface area contributed by atoms with Gasteiger partial charge in [-0.2, -0.15) is 0 Å². The topological polar surface area (TPSA) is 26.3 Å². The zero-order valence-electron chi connectivity index (χ0n) is 10.0. The smallest absolute Gasteiger partial charge is 0.306 e. The number of carbonyl (C=O) groups is 1. The summed E-state index contributed by atoms with van der Waals surface area (Å²) in [6.07, 6.45) is 5.29. The Labute approximate surface area is 106 Å². The van der Waals surface area contributed by atoms with E-state index in [4.69, 9.17) is 4.74 Å². The fourth-order valence-electron chi connectivity index (χ4n) is 2.29. The first-order chi connectivity index (χ1) is 8.83. The zero-order valence-corrected chi connectivity index (χ0v) is 10.0. The minimum atomic E-state index is -0.0948. The van der Waals surface area contributed by atoms with E-state index in [-0.39, 0.29) is 12.1 Å². The fourth-order valence-corrected chi connectivity index (χ4v) is 2.29. The van der Waals surface area contributed by atoms with Gasteiger partial charge in [-0.25, -0.2) is 0 Å². The Morgan fingerprint density at radius 2 is 1.94 bits per heavy atom. The first kappa shape index (κ1) is 11.0. The molecule has 1 atom stereocenters. The Morgan fingerprint density at radius 1 is 1.11 bits per heavy atom. The van der Waals surface area contributed by atoms with E-state index in [9.17, 15) is 4.79 Å². The molecule has 0 aromatic heterocycles. The third-order valence-corrected chi connectivity index (χ3v) is 3.23. The summed E-state index contributed by atoms with van der Waals surface area (Å²) in [7, 11) is 0. The van der Waals surface area contributed by atoms with Gasteiger partial charge in [0.2, 0.25) is 0 Å². The molecule has 0 spiro atoms. The molecule has 2 heteroatoms. The summed E-state index contributed by atoms with van der Waals surface area (Å²) >= 11 is 0. The van der Waals surface area contributed by atoms with Gasteiger partial charge in [0, 0.05) is 6.42 Å². The van der Waals surface area contributed by atoms with Crippen molar-refractivity contribution in [2.75, 3.05) is 0 Å². The van der Waals surface area contributed by atoms with Gasteiger partial charge in [-0.05, 0) is 28.8 Å². The quantitative estimate of drug-likeness (QED) is 0.748. The predicted octanol–water partition coefficient (Wildman–Crippen LogP) is 3.56. The fraction of sp³-hybridized carbons (Fsp3) is 0.188. The van der Waals surface area contributed by atoms with Crippen LogP contribution in [-0.2, 0) is 9.53 Å². The summed E-state index contributed by atoms with van der Waals surface area (Å²) in [5.41, 5.74) is 1.16. The number of fused-ring (bicyclic) bond motifs is 1. The lowest BCUT2D eigenvalue weighted by molar-refractivity contribution is -0.139. The summed E-state index contributed by atoms with van der Waals surface area (Å²) < 4.78 is 5.17. The van der Waals surface area contributed by atoms with Crippen molar-refractivity contribution in [2.45, 2.75) is 18.9 Å². The molecule has 18 heavy (non-hydrogen) atoms. The van der Waals surface area contributed by atoms with Crippen LogP contribution in [-0.4, -0.2) is 12.1 Å². The van der Waals surface area contributed by atoms with Gasteiger partial charge < -0.3 is 4.74 Å². The van der Waals surface area contributed by atoms with Crippen LogP contribution in [0.3, 0.4) is 0 Å².